The van der Waals surface area contributed by atoms with E-state index in [0.29, 0.717) is 11.6 Å². The molecule has 4 heteroatoms. The molecule has 0 atom stereocenters. The van der Waals surface area contributed by atoms with Gasteiger partial charge in [0.05, 0.1) is 18.1 Å². The average Bonchev–Trinajstić information content (AvgIpc) is 2.27. The zero-order valence-electron chi connectivity index (χ0n) is 9.36. The first kappa shape index (κ1) is 10.4. The number of hydrogen-bond acceptors (Lipinski definition) is 4. The van der Waals surface area contributed by atoms with Gasteiger partial charge < -0.3 is 11.1 Å². The highest BCUT2D eigenvalue weighted by Crippen LogP contribution is 2.19. The van der Waals surface area contributed by atoms with Gasteiger partial charge in [-0.1, -0.05) is 12.1 Å². The Bertz CT molecular complexity index is 491. The zero-order valence-corrected chi connectivity index (χ0v) is 9.36. The summed E-state index contributed by atoms with van der Waals surface area (Å²) in [6.07, 6.45) is 3.17. The fraction of sp³-hybridized carbons (Fsp3) is 0.167. The van der Waals surface area contributed by atoms with Crippen molar-refractivity contribution in [2.45, 2.75) is 13.8 Å². The average molecular weight is 214 g/mol. The maximum Gasteiger partial charge on any atom is 0.227 e. The van der Waals surface area contributed by atoms with Crippen LogP contribution < -0.4 is 11.1 Å². The first-order chi connectivity index (χ1) is 7.65. The Morgan fingerprint density at radius 1 is 1.12 bits per heavy atom. The molecule has 0 radical (unpaired) electrons. The van der Waals surface area contributed by atoms with Crippen molar-refractivity contribution in [2.75, 3.05) is 11.1 Å². The number of aryl methyl sites for hydroxylation is 2. The van der Waals surface area contributed by atoms with Crippen LogP contribution in [0, 0.1) is 13.8 Å². The molecule has 0 saturated carbocycles. The van der Waals surface area contributed by atoms with E-state index in [0.717, 1.165) is 11.3 Å². The molecule has 2 rings (SSSR count). The van der Waals surface area contributed by atoms with E-state index in [1.165, 1.54) is 5.56 Å². The van der Waals surface area contributed by atoms with E-state index < -0.39 is 0 Å². The molecule has 0 bridgehead atoms. The molecule has 1 heterocycles. The van der Waals surface area contributed by atoms with Crippen molar-refractivity contribution in [1.29, 1.82) is 0 Å². The van der Waals surface area contributed by atoms with Gasteiger partial charge in [-0.3, -0.25) is 0 Å². The molecular formula is C12H14N4. The van der Waals surface area contributed by atoms with Gasteiger partial charge in [-0.05, 0) is 31.0 Å². The number of nitrogen functional groups attached to an aromatic ring is 1. The van der Waals surface area contributed by atoms with Crippen LogP contribution in [-0.2, 0) is 0 Å². The number of nitrogens with zero attached hydrogens (tertiary/aromatic N) is 2. The van der Waals surface area contributed by atoms with Gasteiger partial charge in [0.15, 0.2) is 0 Å². The Balaban J connectivity index is 2.26. The van der Waals surface area contributed by atoms with E-state index in [2.05, 4.69) is 40.4 Å². The molecule has 0 aliphatic heterocycles. The molecule has 4 nitrogen and oxygen atoms in total. The lowest BCUT2D eigenvalue weighted by Crippen LogP contribution is -1.99. The normalized spacial score (nSPS) is 10.1. The summed E-state index contributed by atoms with van der Waals surface area (Å²) in [5, 5.41) is 3.16. The lowest BCUT2D eigenvalue weighted by molar-refractivity contribution is 1.16. The van der Waals surface area contributed by atoms with Gasteiger partial charge in [0.2, 0.25) is 5.95 Å². The molecule has 82 valence electrons. The van der Waals surface area contributed by atoms with Crippen molar-refractivity contribution in [3.63, 3.8) is 0 Å². The fourth-order valence-corrected chi connectivity index (χ4v) is 1.39. The first-order valence-electron chi connectivity index (χ1n) is 5.07. The summed E-state index contributed by atoms with van der Waals surface area (Å²) >= 11 is 0. The van der Waals surface area contributed by atoms with E-state index in [1.807, 2.05) is 6.92 Å². The highest BCUT2D eigenvalue weighted by molar-refractivity contribution is 5.59. The van der Waals surface area contributed by atoms with Gasteiger partial charge in [0.1, 0.15) is 0 Å². The minimum absolute atomic E-state index is 0.558. The van der Waals surface area contributed by atoms with Gasteiger partial charge in [-0.15, -0.1) is 0 Å². The number of nitrogens with two attached hydrogens (primary N) is 1. The van der Waals surface area contributed by atoms with Crippen molar-refractivity contribution < 1.29 is 0 Å². The summed E-state index contributed by atoms with van der Waals surface area (Å²) in [4.78, 5) is 8.19. The van der Waals surface area contributed by atoms with Crippen LogP contribution >= 0.6 is 0 Å². The standard InChI is InChI=1S/C12H14N4/c1-8-3-4-9(2)11(5-8)16-12-14-6-10(13)7-15-12/h3-7H,13H2,1-2H3,(H,14,15,16). The Morgan fingerprint density at radius 2 is 1.81 bits per heavy atom. The van der Waals surface area contributed by atoms with Gasteiger partial charge in [-0.2, -0.15) is 0 Å². The minimum Gasteiger partial charge on any atom is -0.396 e. The maximum absolute atomic E-state index is 5.52. The van der Waals surface area contributed by atoms with Crippen LogP contribution in [0.15, 0.2) is 30.6 Å². The van der Waals surface area contributed by atoms with Crippen LogP contribution in [0.3, 0.4) is 0 Å². The number of rotatable bonds is 2. The number of benzene rings is 1. The Morgan fingerprint density at radius 3 is 2.50 bits per heavy atom. The monoisotopic (exact) mass is 214 g/mol. The quantitative estimate of drug-likeness (QED) is 0.805. The van der Waals surface area contributed by atoms with E-state index in [9.17, 15) is 0 Å². The van der Waals surface area contributed by atoms with Crippen LogP contribution in [0.5, 0.6) is 0 Å². The molecule has 3 N–H and O–H groups in total. The largest absolute Gasteiger partial charge is 0.396 e. The molecule has 1 aromatic carbocycles. The topological polar surface area (TPSA) is 63.8 Å². The second-order valence-electron chi connectivity index (χ2n) is 3.78. The third-order valence-electron chi connectivity index (χ3n) is 2.31. The van der Waals surface area contributed by atoms with Gasteiger partial charge in [0.25, 0.3) is 0 Å². The molecule has 0 spiro atoms. The molecular weight excluding hydrogens is 200 g/mol. The smallest absolute Gasteiger partial charge is 0.227 e. The first-order valence-corrected chi connectivity index (χ1v) is 5.07. The molecule has 1 aromatic heterocycles. The van der Waals surface area contributed by atoms with Crippen molar-refractivity contribution in [3.8, 4) is 0 Å². The van der Waals surface area contributed by atoms with E-state index in [1.54, 1.807) is 12.4 Å². The van der Waals surface area contributed by atoms with E-state index in [-0.39, 0.29) is 0 Å². The Hall–Kier alpha value is -2.10. The summed E-state index contributed by atoms with van der Waals surface area (Å²) < 4.78 is 0. The molecule has 0 aliphatic rings. The van der Waals surface area contributed by atoms with E-state index >= 15 is 0 Å². The molecule has 0 unspecified atom stereocenters. The van der Waals surface area contributed by atoms with Crippen LogP contribution in [0.4, 0.5) is 17.3 Å². The van der Waals surface area contributed by atoms with Crippen LogP contribution in [0.25, 0.3) is 0 Å². The van der Waals surface area contributed by atoms with Crippen LogP contribution in [0.2, 0.25) is 0 Å². The third kappa shape index (κ3) is 2.28. The van der Waals surface area contributed by atoms with Gasteiger partial charge in [-0.25, -0.2) is 9.97 Å². The molecule has 0 saturated heterocycles. The second kappa shape index (κ2) is 4.18. The minimum atomic E-state index is 0.558. The lowest BCUT2D eigenvalue weighted by Gasteiger charge is -2.08. The maximum atomic E-state index is 5.52. The summed E-state index contributed by atoms with van der Waals surface area (Å²) in [5.41, 5.74) is 9.46. The van der Waals surface area contributed by atoms with Gasteiger partial charge >= 0.3 is 0 Å². The molecule has 0 aliphatic carbocycles. The van der Waals surface area contributed by atoms with Crippen molar-refractivity contribution >= 4 is 17.3 Å². The number of hydrogen-bond donors (Lipinski definition) is 2. The van der Waals surface area contributed by atoms with E-state index in [4.69, 9.17) is 5.73 Å². The van der Waals surface area contributed by atoms with Crippen LogP contribution in [0.1, 0.15) is 11.1 Å². The van der Waals surface area contributed by atoms with Crippen molar-refractivity contribution in [3.05, 3.63) is 41.7 Å². The Labute approximate surface area is 94.5 Å². The second-order valence-corrected chi connectivity index (χ2v) is 3.78. The predicted molar refractivity (Wildman–Crippen MR) is 65.6 cm³/mol. The van der Waals surface area contributed by atoms with Crippen molar-refractivity contribution in [2.24, 2.45) is 0 Å². The summed E-state index contributed by atoms with van der Waals surface area (Å²) in [5.74, 6) is 0.558. The highest BCUT2D eigenvalue weighted by atomic mass is 15.1. The number of anilines is 3. The van der Waals surface area contributed by atoms with Gasteiger partial charge in [0, 0.05) is 5.69 Å². The Kier molecular flexibility index (Phi) is 2.72. The summed E-state index contributed by atoms with van der Waals surface area (Å²) in [6.45, 7) is 4.09. The predicted octanol–water partition coefficient (Wildman–Crippen LogP) is 2.42. The third-order valence-corrected chi connectivity index (χ3v) is 2.31. The highest BCUT2D eigenvalue weighted by Gasteiger charge is 2.01. The molecule has 2 aromatic rings. The zero-order chi connectivity index (χ0) is 11.5. The number of aromatic nitrogens is 2. The molecule has 0 amide bonds. The van der Waals surface area contributed by atoms with Crippen LogP contribution in [-0.4, -0.2) is 9.97 Å². The fourth-order valence-electron chi connectivity index (χ4n) is 1.39. The summed E-state index contributed by atoms with van der Waals surface area (Å²) in [6, 6.07) is 6.20. The molecule has 16 heavy (non-hydrogen) atoms. The SMILES string of the molecule is Cc1ccc(C)c(Nc2ncc(N)cn2)c1. The summed E-state index contributed by atoms with van der Waals surface area (Å²) in [7, 11) is 0. The van der Waals surface area contributed by atoms with Crippen molar-refractivity contribution in [1.82, 2.24) is 9.97 Å². The lowest BCUT2D eigenvalue weighted by atomic mass is 10.1. The number of nitrogens with one attached hydrogen (secondary N) is 1. The molecule has 0 fully saturated rings.